The molecule has 2 aromatic rings. The average Bonchev–Trinajstić information content (AvgIpc) is 2.81. The number of aliphatic hydroxyl groups is 1. The predicted molar refractivity (Wildman–Crippen MR) is 65.2 cm³/mol. The normalized spacial score (nSPS) is 10.4. The van der Waals surface area contributed by atoms with Crippen molar-refractivity contribution in [3.8, 4) is 11.4 Å². The Morgan fingerprint density at radius 1 is 1.37 bits per heavy atom. The van der Waals surface area contributed by atoms with E-state index in [1.165, 1.54) is 4.68 Å². The summed E-state index contributed by atoms with van der Waals surface area (Å²) in [4.78, 5) is 18.7. The van der Waals surface area contributed by atoms with Gasteiger partial charge < -0.3 is 15.5 Å². The molecule has 8 nitrogen and oxygen atoms in total. The minimum absolute atomic E-state index is 0.0351. The first-order valence-corrected chi connectivity index (χ1v) is 5.62. The van der Waals surface area contributed by atoms with Crippen LogP contribution in [-0.2, 0) is 13.1 Å². The highest BCUT2D eigenvalue weighted by molar-refractivity contribution is 5.64. The third-order valence-corrected chi connectivity index (χ3v) is 2.40. The van der Waals surface area contributed by atoms with Crippen LogP contribution in [0, 0.1) is 0 Å². The molecule has 0 aliphatic heterocycles. The molecule has 100 valence electrons. The number of hydrogen-bond donors (Lipinski definition) is 3. The molecule has 2 heterocycles. The van der Waals surface area contributed by atoms with E-state index in [-0.39, 0.29) is 19.7 Å². The smallest absolute Gasteiger partial charge is 0.405 e. The Kier molecular flexibility index (Phi) is 4.04. The largest absolute Gasteiger partial charge is 0.465 e. The minimum atomic E-state index is -1.14. The van der Waals surface area contributed by atoms with Gasteiger partial charge in [0, 0.05) is 18.0 Å². The molecule has 0 aliphatic carbocycles. The Morgan fingerprint density at radius 3 is 2.74 bits per heavy atom. The van der Waals surface area contributed by atoms with Crippen LogP contribution in [0.25, 0.3) is 11.4 Å². The van der Waals surface area contributed by atoms with Gasteiger partial charge in [-0.2, -0.15) is 5.10 Å². The summed E-state index contributed by atoms with van der Waals surface area (Å²) >= 11 is 0. The summed E-state index contributed by atoms with van der Waals surface area (Å²) in [5.74, 6) is 0.918. The average molecular weight is 263 g/mol. The van der Waals surface area contributed by atoms with E-state index in [9.17, 15) is 4.79 Å². The van der Waals surface area contributed by atoms with Gasteiger partial charge in [0.25, 0.3) is 0 Å². The van der Waals surface area contributed by atoms with Gasteiger partial charge in [-0.25, -0.2) is 14.5 Å². The lowest BCUT2D eigenvalue weighted by atomic mass is 10.2. The number of nitrogens with one attached hydrogen (secondary N) is 1. The lowest BCUT2D eigenvalue weighted by Crippen LogP contribution is -2.23. The summed E-state index contributed by atoms with van der Waals surface area (Å²) in [6.45, 7) is 0.196. The number of aromatic nitrogens is 4. The van der Waals surface area contributed by atoms with E-state index < -0.39 is 6.09 Å². The molecule has 0 spiro atoms. The van der Waals surface area contributed by atoms with Crippen molar-refractivity contribution in [1.29, 1.82) is 0 Å². The van der Waals surface area contributed by atoms with Crippen molar-refractivity contribution in [2.45, 2.75) is 13.1 Å². The van der Waals surface area contributed by atoms with Crippen molar-refractivity contribution < 1.29 is 15.0 Å². The van der Waals surface area contributed by atoms with Gasteiger partial charge in [0.1, 0.15) is 5.82 Å². The van der Waals surface area contributed by atoms with Gasteiger partial charge in [-0.3, -0.25) is 4.98 Å². The monoisotopic (exact) mass is 263 g/mol. The van der Waals surface area contributed by atoms with Crippen LogP contribution in [-0.4, -0.2) is 42.7 Å². The highest BCUT2D eigenvalue weighted by atomic mass is 16.4. The zero-order chi connectivity index (χ0) is 13.7. The van der Waals surface area contributed by atoms with Gasteiger partial charge in [-0.05, 0) is 12.1 Å². The molecule has 0 radical (unpaired) electrons. The highest BCUT2D eigenvalue weighted by Gasteiger charge is 2.11. The third kappa shape index (κ3) is 3.26. The molecule has 19 heavy (non-hydrogen) atoms. The number of aliphatic hydroxyl groups excluding tert-OH is 1. The maximum Gasteiger partial charge on any atom is 0.405 e. The topological polar surface area (TPSA) is 113 Å². The molecule has 3 N–H and O–H groups in total. The molecule has 0 fully saturated rings. The summed E-state index contributed by atoms with van der Waals surface area (Å²) in [7, 11) is 0. The summed E-state index contributed by atoms with van der Waals surface area (Å²) in [5.41, 5.74) is 0.781. The number of pyridine rings is 1. The van der Waals surface area contributed by atoms with Gasteiger partial charge in [-0.15, -0.1) is 0 Å². The van der Waals surface area contributed by atoms with Crippen molar-refractivity contribution in [3.63, 3.8) is 0 Å². The first-order chi connectivity index (χ1) is 9.20. The lowest BCUT2D eigenvalue weighted by Gasteiger charge is -2.02. The third-order valence-electron chi connectivity index (χ3n) is 2.40. The number of amides is 1. The van der Waals surface area contributed by atoms with E-state index in [1.54, 1.807) is 24.5 Å². The zero-order valence-corrected chi connectivity index (χ0v) is 10.0. The van der Waals surface area contributed by atoms with Crippen LogP contribution in [0.3, 0.4) is 0 Å². The maximum atomic E-state index is 10.5. The Bertz CT molecular complexity index is 555. The lowest BCUT2D eigenvalue weighted by molar-refractivity contribution is 0.193. The molecule has 0 aliphatic rings. The molecule has 0 atom stereocenters. The van der Waals surface area contributed by atoms with E-state index >= 15 is 0 Å². The molecule has 0 aromatic carbocycles. The number of carbonyl (C=O) groups is 1. The van der Waals surface area contributed by atoms with Crippen molar-refractivity contribution in [2.24, 2.45) is 0 Å². The van der Waals surface area contributed by atoms with Gasteiger partial charge >= 0.3 is 6.09 Å². The van der Waals surface area contributed by atoms with Gasteiger partial charge in [-0.1, -0.05) is 0 Å². The number of nitrogens with zero attached hydrogens (tertiary/aromatic N) is 4. The zero-order valence-electron chi connectivity index (χ0n) is 10.0. The van der Waals surface area contributed by atoms with Crippen molar-refractivity contribution >= 4 is 6.09 Å². The Balaban J connectivity index is 2.26. The predicted octanol–water partition coefficient (Wildman–Crippen LogP) is 0.1000. The summed E-state index contributed by atoms with van der Waals surface area (Å²) in [5, 5.41) is 24.0. The summed E-state index contributed by atoms with van der Waals surface area (Å²) in [6.07, 6.45) is 2.11. The molecule has 1 amide bonds. The van der Waals surface area contributed by atoms with Crippen LogP contribution in [0.1, 0.15) is 5.82 Å². The number of hydrogen-bond acceptors (Lipinski definition) is 5. The number of carboxylic acid groups (broad SMARTS) is 1. The second-order valence-corrected chi connectivity index (χ2v) is 3.69. The fraction of sp³-hybridized carbons (Fsp3) is 0.273. The molecular formula is C11H13N5O3. The van der Waals surface area contributed by atoms with Gasteiger partial charge in [0.15, 0.2) is 5.82 Å². The second kappa shape index (κ2) is 5.91. The first kappa shape index (κ1) is 13.0. The Hall–Kier alpha value is -2.48. The fourth-order valence-electron chi connectivity index (χ4n) is 1.56. The SMILES string of the molecule is O=C(O)NCc1nc(-c2ccncc2)nn1CCO. The molecular weight excluding hydrogens is 250 g/mol. The van der Waals surface area contributed by atoms with Crippen LogP contribution in [0.2, 0.25) is 0 Å². The highest BCUT2D eigenvalue weighted by Crippen LogP contribution is 2.14. The van der Waals surface area contributed by atoms with Crippen LogP contribution in [0.4, 0.5) is 4.79 Å². The molecule has 0 unspecified atom stereocenters. The molecule has 8 heteroatoms. The second-order valence-electron chi connectivity index (χ2n) is 3.69. The molecule has 0 saturated carbocycles. The minimum Gasteiger partial charge on any atom is -0.465 e. The first-order valence-electron chi connectivity index (χ1n) is 5.62. The van der Waals surface area contributed by atoms with E-state index in [0.29, 0.717) is 11.6 Å². The van der Waals surface area contributed by atoms with Gasteiger partial charge in [0.2, 0.25) is 0 Å². The number of rotatable bonds is 5. The molecule has 2 rings (SSSR count). The van der Waals surface area contributed by atoms with Gasteiger partial charge in [0.05, 0.1) is 19.7 Å². The van der Waals surface area contributed by atoms with E-state index in [0.717, 1.165) is 5.56 Å². The van der Waals surface area contributed by atoms with Crippen molar-refractivity contribution in [2.75, 3.05) is 6.61 Å². The van der Waals surface area contributed by atoms with Crippen LogP contribution < -0.4 is 5.32 Å². The standard InChI is InChI=1S/C11H13N5O3/c17-6-5-16-9(7-13-11(18)19)14-10(15-16)8-1-3-12-4-2-8/h1-4,13,17H,5-7H2,(H,18,19). The fourth-order valence-corrected chi connectivity index (χ4v) is 1.56. The summed E-state index contributed by atoms with van der Waals surface area (Å²) < 4.78 is 1.48. The van der Waals surface area contributed by atoms with Crippen LogP contribution in [0.15, 0.2) is 24.5 Å². The van der Waals surface area contributed by atoms with Crippen molar-refractivity contribution in [3.05, 3.63) is 30.4 Å². The molecule has 0 saturated heterocycles. The van der Waals surface area contributed by atoms with Crippen molar-refractivity contribution in [1.82, 2.24) is 25.1 Å². The van der Waals surface area contributed by atoms with E-state index in [4.69, 9.17) is 10.2 Å². The molecule has 0 bridgehead atoms. The Morgan fingerprint density at radius 2 is 2.11 bits per heavy atom. The summed E-state index contributed by atoms with van der Waals surface area (Å²) in [6, 6.07) is 3.51. The van der Waals surface area contributed by atoms with Crippen LogP contribution >= 0.6 is 0 Å². The van der Waals surface area contributed by atoms with Crippen LogP contribution in [0.5, 0.6) is 0 Å². The van der Waals surface area contributed by atoms with E-state index in [1.807, 2.05) is 0 Å². The Labute approximate surface area is 108 Å². The van der Waals surface area contributed by atoms with E-state index in [2.05, 4.69) is 20.4 Å². The molecule has 2 aromatic heterocycles. The quantitative estimate of drug-likeness (QED) is 0.705. The maximum absolute atomic E-state index is 10.5.